The van der Waals surface area contributed by atoms with Crippen LogP contribution in [0.25, 0.3) is 16.5 Å². The first-order chi connectivity index (χ1) is 13.5. The third-order valence-corrected chi connectivity index (χ3v) is 4.46. The first kappa shape index (κ1) is 17.7. The van der Waals surface area contributed by atoms with Crippen molar-refractivity contribution >= 4 is 16.7 Å². The quantitative estimate of drug-likeness (QED) is 0.388. The summed E-state index contributed by atoms with van der Waals surface area (Å²) in [6.07, 6.45) is 1.47. The summed E-state index contributed by atoms with van der Waals surface area (Å²) in [5.74, 6) is -1.07. The Hall–Kier alpha value is -3.73. The second kappa shape index (κ2) is 7.12. The monoisotopic (exact) mass is 373 g/mol. The van der Waals surface area contributed by atoms with Gasteiger partial charge in [0.05, 0.1) is 5.56 Å². The zero-order valence-electron chi connectivity index (χ0n) is 15.1. The summed E-state index contributed by atoms with van der Waals surface area (Å²) in [5.41, 5.74) is 1.69. The van der Waals surface area contributed by atoms with Crippen LogP contribution in [-0.2, 0) is 0 Å². The summed E-state index contributed by atoms with van der Waals surface area (Å²) in [6.45, 7) is 1.95. The molecule has 0 unspecified atom stereocenters. The molecule has 0 atom stereocenters. The number of carbonyl (C=O) groups is 1. The van der Waals surface area contributed by atoms with Crippen molar-refractivity contribution in [3.63, 3.8) is 0 Å². The van der Waals surface area contributed by atoms with Gasteiger partial charge in [0.1, 0.15) is 11.6 Å². The summed E-state index contributed by atoms with van der Waals surface area (Å²) < 4.78 is 20.2. The minimum absolute atomic E-state index is 0.0992. The Morgan fingerprint density at radius 1 is 0.929 bits per heavy atom. The predicted molar refractivity (Wildman–Crippen MR) is 106 cm³/mol. The van der Waals surface area contributed by atoms with E-state index in [2.05, 4.69) is 0 Å². The standard InChI is InChI=1S/C23H16FNO3/c1-15-9-11-17(12-10-15)25-14-21(19-7-2-3-8-20(19)22(25)26)23(27)28-18-6-4-5-16(24)13-18/h2-14H,1H3. The molecule has 0 fully saturated rings. The lowest BCUT2D eigenvalue weighted by Crippen LogP contribution is -2.22. The van der Waals surface area contributed by atoms with Gasteiger partial charge in [-0.05, 0) is 37.3 Å². The molecule has 0 saturated heterocycles. The van der Waals surface area contributed by atoms with Gasteiger partial charge in [0, 0.05) is 28.7 Å². The molecule has 4 nitrogen and oxygen atoms in total. The number of hydrogen-bond acceptors (Lipinski definition) is 3. The number of fused-ring (bicyclic) bond motifs is 1. The Kier molecular flexibility index (Phi) is 4.49. The van der Waals surface area contributed by atoms with Gasteiger partial charge in [0.2, 0.25) is 0 Å². The highest BCUT2D eigenvalue weighted by atomic mass is 19.1. The average Bonchev–Trinajstić information content (AvgIpc) is 2.69. The molecule has 0 radical (unpaired) electrons. The van der Waals surface area contributed by atoms with E-state index in [1.807, 2.05) is 31.2 Å². The molecule has 0 spiro atoms. The molecule has 0 aliphatic carbocycles. The SMILES string of the molecule is Cc1ccc(-n2cc(C(=O)Oc3cccc(F)c3)c3ccccc3c2=O)cc1. The van der Waals surface area contributed by atoms with E-state index in [0.717, 1.165) is 11.6 Å². The Morgan fingerprint density at radius 2 is 1.64 bits per heavy atom. The Morgan fingerprint density at radius 3 is 2.36 bits per heavy atom. The normalized spacial score (nSPS) is 10.8. The molecule has 0 N–H and O–H groups in total. The number of rotatable bonds is 3. The van der Waals surface area contributed by atoms with Crippen molar-refractivity contribution in [3.05, 3.63) is 106 Å². The van der Waals surface area contributed by atoms with E-state index in [1.54, 1.807) is 24.3 Å². The summed E-state index contributed by atoms with van der Waals surface area (Å²) in [7, 11) is 0. The Bertz CT molecular complexity index is 1240. The third kappa shape index (κ3) is 3.30. The second-order valence-corrected chi connectivity index (χ2v) is 6.45. The van der Waals surface area contributed by atoms with Gasteiger partial charge in [-0.3, -0.25) is 9.36 Å². The second-order valence-electron chi connectivity index (χ2n) is 6.45. The first-order valence-corrected chi connectivity index (χ1v) is 8.72. The summed E-state index contributed by atoms with van der Waals surface area (Å²) >= 11 is 0. The van der Waals surface area contributed by atoms with Crippen LogP contribution in [-0.4, -0.2) is 10.5 Å². The first-order valence-electron chi connectivity index (χ1n) is 8.72. The average molecular weight is 373 g/mol. The third-order valence-electron chi connectivity index (χ3n) is 4.46. The van der Waals surface area contributed by atoms with Crippen LogP contribution in [0.3, 0.4) is 0 Å². The Labute approximate surface area is 160 Å². The number of aryl methyl sites for hydroxylation is 1. The van der Waals surface area contributed by atoms with Crippen molar-refractivity contribution in [3.8, 4) is 11.4 Å². The molecule has 0 bridgehead atoms. The van der Waals surface area contributed by atoms with Gasteiger partial charge >= 0.3 is 5.97 Å². The molecule has 5 heteroatoms. The minimum atomic E-state index is -0.664. The van der Waals surface area contributed by atoms with Crippen molar-refractivity contribution in [1.29, 1.82) is 0 Å². The number of carbonyl (C=O) groups excluding carboxylic acids is 1. The van der Waals surface area contributed by atoms with Gasteiger partial charge in [-0.2, -0.15) is 0 Å². The Balaban J connectivity index is 1.87. The van der Waals surface area contributed by atoms with Crippen LogP contribution in [0.4, 0.5) is 4.39 Å². The lowest BCUT2D eigenvalue weighted by molar-refractivity contribution is 0.0736. The molecular formula is C23H16FNO3. The highest BCUT2D eigenvalue weighted by Crippen LogP contribution is 2.21. The van der Waals surface area contributed by atoms with Gasteiger partial charge < -0.3 is 4.74 Å². The number of ether oxygens (including phenoxy) is 1. The predicted octanol–water partition coefficient (Wildman–Crippen LogP) is 4.66. The lowest BCUT2D eigenvalue weighted by Gasteiger charge is -2.12. The number of benzene rings is 3. The molecule has 0 aliphatic rings. The molecule has 3 aromatic carbocycles. The molecule has 4 aromatic rings. The highest BCUT2D eigenvalue weighted by molar-refractivity contribution is 6.04. The number of esters is 1. The van der Waals surface area contributed by atoms with Crippen LogP contribution < -0.4 is 10.3 Å². The van der Waals surface area contributed by atoms with Crippen LogP contribution in [0.2, 0.25) is 0 Å². The van der Waals surface area contributed by atoms with Crippen LogP contribution >= 0.6 is 0 Å². The van der Waals surface area contributed by atoms with Crippen LogP contribution in [0, 0.1) is 12.7 Å². The van der Waals surface area contributed by atoms with E-state index in [1.165, 1.54) is 29.0 Å². The van der Waals surface area contributed by atoms with Crippen molar-refractivity contribution in [1.82, 2.24) is 4.57 Å². The smallest absolute Gasteiger partial charge is 0.345 e. The van der Waals surface area contributed by atoms with Crippen LogP contribution in [0.5, 0.6) is 5.75 Å². The molecule has 0 amide bonds. The van der Waals surface area contributed by atoms with E-state index in [9.17, 15) is 14.0 Å². The molecule has 0 saturated carbocycles. The highest BCUT2D eigenvalue weighted by Gasteiger charge is 2.17. The van der Waals surface area contributed by atoms with Gasteiger partial charge in [0.25, 0.3) is 5.56 Å². The van der Waals surface area contributed by atoms with Gasteiger partial charge in [-0.1, -0.05) is 42.0 Å². The van der Waals surface area contributed by atoms with E-state index >= 15 is 0 Å². The molecular weight excluding hydrogens is 357 g/mol. The number of aromatic nitrogens is 1. The van der Waals surface area contributed by atoms with Crippen molar-refractivity contribution in [2.24, 2.45) is 0 Å². The fraction of sp³-hybridized carbons (Fsp3) is 0.0435. The van der Waals surface area contributed by atoms with Crippen molar-refractivity contribution < 1.29 is 13.9 Å². The van der Waals surface area contributed by atoms with Crippen molar-refractivity contribution in [2.45, 2.75) is 6.92 Å². The number of halogens is 1. The fourth-order valence-electron chi connectivity index (χ4n) is 3.04. The molecule has 1 heterocycles. The van der Waals surface area contributed by atoms with Gasteiger partial charge in [-0.25, -0.2) is 9.18 Å². The number of nitrogens with zero attached hydrogens (tertiary/aromatic N) is 1. The van der Waals surface area contributed by atoms with E-state index in [-0.39, 0.29) is 16.9 Å². The summed E-state index contributed by atoms with van der Waals surface area (Å²) in [5, 5.41) is 0.883. The molecule has 28 heavy (non-hydrogen) atoms. The zero-order chi connectivity index (χ0) is 19.7. The maximum atomic E-state index is 13.4. The number of pyridine rings is 1. The van der Waals surface area contributed by atoms with E-state index < -0.39 is 11.8 Å². The van der Waals surface area contributed by atoms with Gasteiger partial charge in [0.15, 0.2) is 0 Å². The maximum absolute atomic E-state index is 13.4. The molecule has 138 valence electrons. The van der Waals surface area contributed by atoms with E-state index in [4.69, 9.17) is 4.74 Å². The topological polar surface area (TPSA) is 48.3 Å². The van der Waals surface area contributed by atoms with Gasteiger partial charge in [-0.15, -0.1) is 0 Å². The largest absolute Gasteiger partial charge is 0.423 e. The van der Waals surface area contributed by atoms with Crippen molar-refractivity contribution in [2.75, 3.05) is 0 Å². The maximum Gasteiger partial charge on any atom is 0.345 e. The fourth-order valence-corrected chi connectivity index (χ4v) is 3.04. The molecule has 1 aromatic heterocycles. The van der Waals surface area contributed by atoms with Crippen LogP contribution in [0.1, 0.15) is 15.9 Å². The van der Waals surface area contributed by atoms with Crippen LogP contribution in [0.15, 0.2) is 83.8 Å². The number of hydrogen-bond donors (Lipinski definition) is 0. The summed E-state index contributed by atoms with van der Waals surface area (Å²) in [4.78, 5) is 25.8. The zero-order valence-corrected chi connectivity index (χ0v) is 15.1. The lowest BCUT2D eigenvalue weighted by atomic mass is 10.1. The molecule has 0 aliphatic heterocycles. The van der Waals surface area contributed by atoms with E-state index in [0.29, 0.717) is 16.5 Å². The summed E-state index contributed by atoms with van der Waals surface area (Å²) in [6, 6.07) is 19.6. The molecule has 4 rings (SSSR count). The minimum Gasteiger partial charge on any atom is -0.423 e.